The highest BCUT2D eigenvalue weighted by Crippen LogP contribution is 2.28. The summed E-state index contributed by atoms with van der Waals surface area (Å²) in [6.07, 6.45) is 0. The van der Waals surface area contributed by atoms with Crippen molar-refractivity contribution < 1.29 is 18.3 Å². The van der Waals surface area contributed by atoms with Crippen LogP contribution < -0.4 is 4.72 Å². The molecule has 0 heterocycles. The number of sulfonamides is 1. The molecular weight excluding hydrogens is 362 g/mol. The van der Waals surface area contributed by atoms with Gasteiger partial charge in [0.05, 0.1) is 16.1 Å². The molecule has 0 spiro atoms. The van der Waals surface area contributed by atoms with Crippen molar-refractivity contribution in [3.8, 4) is 11.1 Å². The Hall–Kier alpha value is -3.12. The highest BCUT2D eigenvalue weighted by atomic mass is 32.2. The summed E-state index contributed by atoms with van der Waals surface area (Å²) in [6, 6.07) is 18.9. The number of aryl methyl sites for hydroxylation is 2. The first-order valence-corrected chi connectivity index (χ1v) is 9.78. The second-order valence-electron chi connectivity index (χ2n) is 6.36. The lowest BCUT2D eigenvalue weighted by Gasteiger charge is -2.13. The van der Waals surface area contributed by atoms with Crippen LogP contribution in [0.15, 0.2) is 71.6 Å². The zero-order chi connectivity index (χ0) is 19.6. The minimum atomic E-state index is -3.93. The largest absolute Gasteiger partial charge is 0.478 e. The van der Waals surface area contributed by atoms with Gasteiger partial charge < -0.3 is 5.11 Å². The molecule has 0 aromatic heterocycles. The normalized spacial score (nSPS) is 11.2. The van der Waals surface area contributed by atoms with Crippen LogP contribution in [0.3, 0.4) is 0 Å². The fourth-order valence-corrected chi connectivity index (χ4v) is 4.18. The lowest BCUT2D eigenvalue weighted by atomic mass is 10.0. The van der Waals surface area contributed by atoms with E-state index in [1.165, 1.54) is 6.07 Å². The smallest absolute Gasteiger partial charge is 0.337 e. The van der Waals surface area contributed by atoms with Crippen molar-refractivity contribution in [2.24, 2.45) is 0 Å². The molecule has 0 aliphatic carbocycles. The van der Waals surface area contributed by atoms with Crippen LogP contribution in [0.25, 0.3) is 11.1 Å². The van der Waals surface area contributed by atoms with Gasteiger partial charge in [0.2, 0.25) is 0 Å². The van der Waals surface area contributed by atoms with E-state index in [4.69, 9.17) is 0 Å². The van der Waals surface area contributed by atoms with E-state index in [0.29, 0.717) is 0 Å². The first-order chi connectivity index (χ1) is 12.8. The van der Waals surface area contributed by atoms with Crippen molar-refractivity contribution in [1.82, 2.24) is 0 Å². The van der Waals surface area contributed by atoms with Crippen LogP contribution in [-0.2, 0) is 10.0 Å². The molecule has 138 valence electrons. The molecule has 3 rings (SSSR count). The van der Waals surface area contributed by atoms with Crippen LogP contribution in [0.4, 0.5) is 5.69 Å². The summed E-state index contributed by atoms with van der Waals surface area (Å²) < 4.78 is 28.1. The Morgan fingerprint density at radius 1 is 0.852 bits per heavy atom. The second-order valence-corrected chi connectivity index (χ2v) is 8.04. The Kier molecular flexibility index (Phi) is 5.01. The van der Waals surface area contributed by atoms with Crippen LogP contribution in [0, 0.1) is 13.8 Å². The number of benzene rings is 3. The van der Waals surface area contributed by atoms with E-state index in [0.717, 1.165) is 22.3 Å². The molecule has 0 fully saturated rings. The summed E-state index contributed by atoms with van der Waals surface area (Å²) in [5.41, 5.74) is 3.13. The SMILES string of the molecule is Cc1cc(C)cc(S(=O)(=O)Nc2cc(-c3ccccc3)ccc2C(=O)O)c1. The molecule has 27 heavy (non-hydrogen) atoms. The van der Waals surface area contributed by atoms with E-state index in [-0.39, 0.29) is 16.1 Å². The standard InChI is InChI=1S/C21H19NO4S/c1-14-10-15(2)12-18(11-14)27(25,26)22-20-13-17(8-9-19(20)21(23)24)16-6-4-3-5-7-16/h3-13,22H,1-2H3,(H,23,24). The van der Waals surface area contributed by atoms with E-state index in [9.17, 15) is 18.3 Å². The van der Waals surface area contributed by atoms with Crippen molar-refractivity contribution in [1.29, 1.82) is 0 Å². The third-order valence-electron chi connectivity index (χ3n) is 4.11. The van der Waals surface area contributed by atoms with E-state index in [1.807, 2.05) is 50.2 Å². The number of carboxylic acids is 1. The Morgan fingerprint density at radius 3 is 2.07 bits per heavy atom. The number of nitrogens with one attached hydrogen (secondary N) is 1. The minimum absolute atomic E-state index is 0.0306. The summed E-state index contributed by atoms with van der Waals surface area (Å²) in [5, 5.41) is 9.45. The van der Waals surface area contributed by atoms with Crippen LogP contribution in [0.5, 0.6) is 0 Å². The molecule has 0 aliphatic rings. The summed E-state index contributed by atoms with van der Waals surface area (Å²) in [7, 11) is -3.93. The quantitative estimate of drug-likeness (QED) is 0.683. The van der Waals surface area contributed by atoms with Gasteiger partial charge in [-0.25, -0.2) is 13.2 Å². The number of anilines is 1. The summed E-state index contributed by atoms with van der Waals surface area (Å²) in [6.45, 7) is 3.62. The number of hydrogen-bond donors (Lipinski definition) is 2. The predicted molar refractivity (Wildman–Crippen MR) is 106 cm³/mol. The summed E-state index contributed by atoms with van der Waals surface area (Å²) in [4.78, 5) is 11.7. The first-order valence-electron chi connectivity index (χ1n) is 8.30. The minimum Gasteiger partial charge on any atom is -0.478 e. The number of hydrogen-bond acceptors (Lipinski definition) is 3. The van der Waals surface area contributed by atoms with Crippen molar-refractivity contribution >= 4 is 21.7 Å². The number of rotatable bonds is 5. The lowest BCUT2D eigenvalue weighted by molar-refractivity contribution is 0.0698. The molecule has 0 amide bonds. The summed E-state index contributed by atoms with van der Waals surface area (Å²) >= 11 is 0. The highest BCUT2D eigenvalue weighted by Gasteiger charge is 2.20. The molecule has 0 saturated heterocycles. The van der Waals surface area contributed by atoms with E-state index in [2.05, 4.69) is 4.72 Å². The molecule has 0 saturated carbocycles. The third-order valence-corrected chi connectivity index (χ3v) is 5.45. The maximum absolute atomic E-state index is 12.8. The topological polar surface area (TPSA) is 83.5 Å². The average Bonchev–Trinajstić information content (AvgIpc) is 2.61. The maximum Gasteiger partial charge on any atom is 0.337 e. The zero-order valence-corrected chi connectivity index (χ0v) is 15.7. The predicted octanol–water partition coefficient (Wildman–Crippen LogP) is 4.47. The molecule has 0 atom stereocenters. The van der Waals surface area contributed by atoms with Gasteiger partial charge in [0.25, 0.3) is 10.0 Å². The van der Waals surface area contributed by atoms with Gasteiger partial charge in [-0.2, -0.15) is 0 Å². The molecular formula is C21H19NO4S. The Bertz CT molecular complexity index is 1090. The average molecular weight is 381 g/mol. The molecule has 0 bridgehead atoms. The Morgan fingerprint density at radius 2 is 1.48 bits per heavy atom. The number of aromatic carboxylic acids is 1. The van der Waals surface area contributed by atoms with Crippen molar-refractivity contribution in [3.63, 3.8) is 0 Å². The molecule has 2 N–H and O–H groups in total. The molecule has 0 aliphatic heterocycles. The Balaban J connectivity index is 2.07. The molecule has 0 unspecified atom stereocenters. The van der Waals surface area contributed by atoms with Crippen LogP contribution >= 0.6 is 0 Å². The monoisotopic (exact) mass is 381 g/mol. The molecule has 5 nitrogen and oxygen atoms in total. The third kappa shape index (κ3) is 4.17. The van der Waals surface area contributed by atoms with Crippen LogP contribution in [0.1, 0.15) is 21.5 Å². The van der Waals surface area contributed by atoms with Gasteiger partial charge >= 0.3 is 5.97 Å². The Labute approximate surface area is 158 Å². The van der Waals surface area contributed by atoms with E-state index < -0.39 is 16.0 Å². The first kappa shape index (κ1) is 18.7. The fraction of sp³-hybridized carbons (Fsp3) is 0.0952. The molecule has 3 aromatic rings. The van der Waals surface area contributed by atoms with Gasteiger partial charge in [-0.3, -0.25) is 4.72 Å². The molecule has 3 aromatic carbocycles. The van der Waals surface area contributed by atoms with Crippen molar-refractivity contribution in [3.05, 3.63) is 83.4 Å². The van der Waals surface area contributed by atoms with Gasteiger partial charge in [-0.05, 0) is 60.4 Å². The van der Waals surface area contributed by atoms with Crippen LogP contribution in [0.2, 0.25) is 0 Å². The van der Waals surface area contributed by atoms with Gasteiger partial charge in [0, 0.05) is 0 Å². The maximum atomic E-state index is 12.8. The highest BCUT2D eigenvalue weighted by molar-refractivity contribution is 7.92. The number of carboxylic acid groups (broad SMARTS) is 1. The lowest BCUT2D eigenvalue weighted by Crippen LogP contribution is -2.16. The second kappa shape index (κ2) is 7.25. The molecule has 0 radical (unpaired) electrons. The number of carbonyl (C=O) groups is 1. The fourth-order valence-electron chi connectivity index (χ4n) is 2.92. The van der Waals surface area contributed by atoms with Crippen molar-refractivity contribution in [2.45, 2.75) is 18.7 Å². The van der Waals surface area contributed by atoms with Crippen LogP contribution in [-0.4, -0.2) is 19.5 Å². The summed E-state index contributed by atoms with van der Waals surface area (Å²) in [5.74, 6) is -1.20. The van der Waals surface area contributed by atoms with Gasteiger partial charge in [0.1, 0.15) is 0 Å². The van der Waals surface area contributed by atoms with Crippen molar-refractivity contribution in [2.75, 3.05) is 4.72 Å². The van der Waals surface area contributed by atoms with Gasteiger partial charge in [0.15, 0.2) is 0 Å². The van der Waals surface area contributed by atoms with E-state index in [1.54, 1.807) is 24.3 Å². The van der Waals surface area contributed by atoms with Gasteiger partial charge in [-0.1, -0.05) is 42.5 Å². The molecule has 6 heteroatoms. The van der Waals surface area contributed by atoms with Gasteiger partial charge in [-0.15, -0.1) is 0 Å². The zero-order valence-electron chi connectivity index (χ0n) is 14.9. The van der Waals surface area contributed by atoms with E-state index >= 15 is 0 Å².